The van der Waals surface area contributed by atoms with Crippen LogP contribution in [0.4, 0.5) is 10.1 Å². The first-order chi connectivity index (χ1) is 14.2. The number of morpholine rings is 1. The minimum Gasteiger partial charge on any atom is -0.489 e. The SMILES string of the molecule is CN=C(NCc1ccccc1N1CCOCC1)NCC(C)Oc1ccc(F)cc1.I. The maximum atomic E-state index is 13.0. The van der Waals surface area contributed by atoms with E-state index in [9.17, 15) is 4.39 Å². The van der Waals surface area contributed by atoms with Gasteiger partial charge >= 0.3 is 0 Å². The van der Waals surface area contributed by atoms with Crippen LogP contribution in [0, 0.1) is 5.82 Å². The molecule has 2 N–H and O–H groups in total. The van der Waals surface area contributed by atoms with Gasteiger partial charge in [0.1, 0.15) is 17.7 Å². The molecule has 0 aliphatic carbocycles. The molecule has 0 aromatic heterocycles. The zero-order chi connectivity index (χ0) is 20.5. The molecular weight excluding hydrogens is 498 g/mol. The minimum absolute atomic E-state index is 0. The molecule has 2 aromatic rings. The number of hydrogen-bond acceptors (Lipinski definition) is 4. The molecule has 8 heteroatoms. The zero-order valence-electron chi connectivity index (χ0n) is 17.4. The number of nitrogens with one attached hydrogen (secondary N) is 2. The molecule has 3 rings (SSSR count). The van der Waals surface area contributed by atoms with E-state index in [-0.39, 0.29) is 35.9 Å². The third-order valence-electron chi connectivity index (χ3n) is 4.72. The summed E-state index contributed by atoms with van der Waals surface area (Å²) < 4.78 is 24.3. The lowest BCUT2D eigenvalue weighted by Gasteiger charge is -2.30. The molecule has 1 saturated heterocycles. The topological polar surface area (TPSA) is 58.1 Å². The lowest BCUT2D eigenvalue weighted by molar-refractivity contribution is 0.122. The Kier molecular flexibility index (Phi) is 10.2. The fourth-order valence-electron chi connectivity index (χ4n) is 3.20. The predicted octanol–water partition coefficient (Wildman–Crippen LogP) is 3.41. The fraction of sp³-hybridized carbons (Fsp3) is 0.409. The average Bonchev–Trinajstić information content (AvgIpc) is 2.76. The molecule has 0 saturated carbocycles. The third-order valence-corrected chi connectivity index (χ3v) is 4.72. The van der Waals surface area contributed by atoms with Gasteiger partial charge in [0.2, 0.25) is 0 Å². The smallest absolute Gasteiger partial charge is 0.191 e. The molecule has 1 atom stereocenters. The molecule has 0 spiro atoms. The summed E-state index contributed by atoms with van der Waals surface area (Å²) in [6.45, 7) is 6.53. The maximum absolute atomic E-state index is 13.0. The molecule has 1 fully saturated rings. The average molecular weight is 528 g/mol. The molecule has 164 valence electrons. The first-order valence-corrected chi connectivity index (χ1v) is 9.93. The summed E-state index contributed by atoms with van der Waals surface area (Å²) in [7, 11) is 1.74. The van der Waals surface area contributed by atoms with Crippen LogP contribution in [0.15, 0.2) is 53.5 Å². The Hall–Kier alpha value is -2.07. The minimum atomic E-state index is -0.273. The van der Waals surface area contributed by atoms with Gasteiger partial charge < -0.3 is 25.0 Å². The van der Waals surface area contributed by atoms with Crippen molar-refractivity contribution in [2.45, 2.75) is 19.6 Å². The van der Waals surface area contributed by atoms with E-state index < -0.39 is 0 Å². The maximum Gasteiger partial charge on any atom is 0.191 e. The summed E-state index contributed by atoms with van der Waals surface area (Å²) in [5, 5.41) is 6.64. The van der Waals surface area contributed by atoms with Crippen molar-refractivity contribution in [1.82, 2.24) is 10.6 Å². The van der Waals surface area contributed by atoms with Gasteiger partial charge in [-0.3, -0.25) is 4.99 Å². The second-order valence-electron chi connectivity index (χ2n) is 6.92. The van der Waals surface area contributed by atoms with E-state index in [1.807, 2.05) is 6.92 Å². The summed E-state index contributed by atoms with van der Waals surface area (Å²) in [5.74, 6) is 1.07. The molecule has 0 amide bonds. The second kappa shape index (κ2) is 12.6. The molecule has 1 heterocycles. The van der Waals surface area contributed by atoms with Gasteiger partial charge in [0.05, 0.1) is 19.8 Å². The number of aliphatic imine (C=N–C) groups is 1. The lowest BCUT2D eigenvalue weighted by Crippen LogP contribution is -2.42. The molecule has 2 aromatic carbocycles. The van der Waals surface area contributed by atoms with E-state index >= 15 is 0 Å². The van der Waals surface area contributed by atoms with Crippen LogP contribution in [0.5, 0.6) is 5.75 Å². The summed E-state index contributed by atoms with van der Waals surface area (Å²) in [5.41, 5.74) is 2.44. The zero-order valence-corrected chi connectivity index (χ0v) is 19.8. The highest BCUT2D eigenvalue weighted by Crippen LogP contribution is 2.21. The summed E-state index contributed by atoms with van der Waals surface area (Å²) in [6.07, 6.45) is -0.0975. The van der Waals surface area contributed by atoms with Crippen LogP contribution >= 0.6 is 24.0 Å². The molecular formula is C22H30FIN4O2. The van der Waals surface area contributed by atoms with Gasteiger partial charge in [0.25, 0.3) is 0 Å². The summed E-state index contributed by atoms with van der Waals surface area (Å²) in [6, 6.07) is 14.4. The Morgan fingerprint density at radius 3 is 2.53 bits per heavy atom. The van der Waals surface area contributed by atoms with E-state index in [1.165, 1.54) is 23.4 Å². The predicted molar refractivity (Wildman–Crippen MR) is 130 cm³/mol. The number of nitrogens with zero attached hydrogens (tertiary/aromatic N) is 2. The fourth-order valence-corrected chi connectivity index (χ4v) is 3.20. The summed E-state index contributed by atoms with van der Waals surface area (Å²) in [4.78, 5) is 6.65. The van der Waals surface area contributed by atoms with E-state index in [0.717, 1.165) is 26.3 Å². The van der Waals surface area contributed by atoms with Crippen molar-refractivity contribution >= 4 is 35.6 Å². The van der Waals surface area contributed by atoms with Gasteiger partial charge in [0, 0.05) is 32.4 Å². The highest BCUT2D eigenvalue weighted by atomic mass is 127. The summed E-state index contributed by atoms with van der Waals surface area (Å²) >= 11 is 0. The molecule has 0 radical (unpaired) electrons. The lowest BCUT2D eigenvalue weighted by atomic mass is 10.1. The van der Waals surface area contributed by atoms with Crippen LogP contribution in [-0.2, 0) is 11.3 Å². The van der Waals surface area contributed by atoms with Crippen molar-refractivity contribution in [2.75, 3.05) is 44.8 Å². The molecule has 0 bridgehead atoms. The van der Waals surface area contributed by atoms with Gasteiger partial charge in [-0.25, -0.2) is 4.39 Å². The quantitative estimate of drug-likeness (QED) is 0.328. The van der Waals surface area contributed by atoms with Gasteiger partial charge in [-0.2, -0.15) is 0 Å². The van der Waals surface area contributed by atoms with E-state index in [1.54, 1.807) is 19.2 Å². The first-order valence-electron chi connectivity index (χ1n) is 9.93. The van der Waals surface area contributed by atoms with Crippen molar-refractivity contribution in [2.24, 2.45) is 4.99 Å². The van der Waals surface area contributed by atoms with E-state index in [0.29, 0.717) is 24.8 Å². The number of guanidine groups is 1. The molecule has 30 heavy (non-hydrogen) atoms. The van der Waals surface area contributed by atoms with Crippen LogP contribution in [0.3, 0.4) is 0 Å². The Morgan fingerprint density at radius 1 is 1.13 bits per heavy atom. The number of para-hydroxylation sites is 1. The van der Waals surface area contributed by atoms with Gasteiger partial charge in [-0.15, -0.1) is 24.0 Å². The van der Waals surface area contributed by atoms with Crippen molar-refractivity contribution in [1.29, 1.82) is 0 Å². The van der Waals surface area contributed by atoms with Gasteiger partial charge in [-0.05, 0) is 42.8 Å². The highest BCUT2D eigenvalue weighted by molar-refractivity contribution is 14.0. The van der Waals surface area contributed by atoms with Crippen LogP contribution in [0.1, 0.15) is 12.5 Å². The Balaban J connectivity index is 0.00000320. The Morgan fingerprint density at radius 2 is 1.83 bits per heavy atom. The van der Waals surface area contributed by atoms with Crippen molar-refractivity contribution in [3.05, 3.63) is 59.9 Å². The third kappa shape index (κ3) is 7.32. The van der Waals surface area contributed by atoms with Crippen LogP contribution in [0.25, 0.3) is 0 Å². The van der Waals surface area contributed by atoms with Crippen LogP contribution in [-0.4, -0.2) is 52.0 Å². The molecule has 1 aliphatic heterocycles. The number of benzene rings is 2. The van der Waals surface area contributed by atoms with Crippen molar-refractivity contribution in [3.8, 4) is 5.75 Å². The number of halogens is 2. The Bertz CT molecular complexity index is 798. The van der Waals surface area contributed by atoms with Crippen LogP contribution in [0.2, 0.25) is 0 Å². The molecule has 1 aliphatic rings. The van der Waals surface area contributed by atoms with Gasteiger partial charge in [-0.1, -0.05) is 18.2 Å². The van der Waals surface area contributed by atoms with Crippen molar-refractivity contribution < 1.29 is 13.9 Å². The number of anilines is 1. The first kappa shape index (κ1) is 24.2. The highest BCUT2D eigenvalue weighted by Gasteiger charge is 2.14. The van der Waals surface area contributed by atoms with Crippen molar-refractivity contribution in [3.63, 3.8) is 0 Å². The number of hydrogen-bond donors (Lipinski definition) is 2. The number of rotatable bonds is 7. The Labute approximate surface area is 194 Å². The molecule has 6 nitrogen and oxygen atoms in total. The van der Waals surface area contributed by atoms with Crippen LogP contribution < -0.4 is 20.3 Å². The molecule has 1 unspecified atom stereocenters. The number of ether oxygens (including phenoxy) is 2. The normalized spacial score (nSPS) is 15.2. The van der Waals surface area contributed by atoms with Gasteiger partial charge in [0.15, 0.2) is 5.96 Å². The largest absolute Gasteiger partial charge is 0.489 e. The standard InChI is InChI=1S/C22H29FN4O2.HI/c1-17(29-20-9-7-19(23)8-10-20)15-25-22(24-2)26-16-18-5-3-4-6-21(18)27-11-13-28-14-12-27;/h3-10,17H,11-16H2,1-2H3,(H2,24,25,26);1H. The monoisotopic (exact) mass is 528 g/mol. The van der Waals surface area contributed by atoms with E-state index in [2.05, 4.69) is 44.8 Å². The second-order valence-corrected chi connectivity index (χ2v) is 6.92. The van der Waals surface area contributed by atoms with E-state index in [4.69, 9.17) is 9.47 Å².